The van der Waals surface area contributed by atoms with Crippen molar-refractivity contribution in [1.82, 2.24) is 20.3 Å². The van der Waals surface area contributed by atoms with Crippen molar-refractivity contribution in [3.63, 3.8) is 0 Å². The van der Waals surface area contributed by atoms with E-state index in [4.69, 9.17) is 11.6 Å². The fourth-order valence-corrected chi connectivity index (χ4v) is 3.28. The van der Waals surface area contributed by atoms with Crippen molar-refractivity contribution in [2.45, 2.75) is 13.0 Å². The maximum Gasteiger partial charge on any atom is 0.213 e. The molecule has 0 aliphatic rings. The summed E-state index contributed by atoms with van der Waals surface area (Å²) in [7, 11) is -1.73. The van der Waals surface area contributed by atoms with Crippen LogP contribution in [0.4, 0.5) is 0 Å². The summed E-state index contributed by atoms with van der Waals surface area (Å²) in [5, 5.41) is 6.61. The molecule has 7 nitrogen and oxygen atoms in total. The first-order valence-electron chi connectivity index (χ1n) is 8.55. The van der Waals surface area contributed by atoms with Gasteiger partial charge in [-0.1, -0.05) is 48.0 Å². The van der Waals surface area contributed by atoms with Gasteiger partial charge in [-0.2, -0.15) is 0 Å². The predicted molar refractivity (Wildman–Crippen MR) is 125 cm³/mol. The van der Waals surface area contributed by atoms with Crippen molar-refractivity contribution in [2.75, 3.05) is 25.9 Å². The van der Waals surface area contributed by atoms with Crippen LogP contribution in [0.3, 0.4) is 0 Å². The molecule has 0 fully saturated rings. The number of guanidine groups is 1. The molecule has 0 saturated carbocycles. The number of aliphatic imine (C=N–C) groups is 1. The maximum absolute atomic E-state index is 12.1. The Morgan fingerprint density at radius 3 is 2.43 bits per heavy atom. The minimum absolute atomic E-state index is 0. The number of halogens is 2. The summed E-state index contributed by atoms with van der Waals surface area (Å²) in [5.41, 5.74) is 1.97. The van der Waals surface area contributed by atoms with Crippen molar-refractivity contribution in [1.29, 1.82) is 0 Å². The summed E-state index contributed by atoms with van der Waals surface area (Å²) in [6.45, 7) is 1.18. The molecule has 2 aromatic rings. The van der Waals surface area contributed by atoms with Gasteiger partial charge in [0.2, 0.25) is 10.0 Å². The molecular weight excluding hydrogens is 513 g/mol. The lowest BCUT2D eigenvalue weighted by Gasteiger charge is -2.12. The van der Waals surface area contributed by atoms with E-state index < -0.39 is 10.0 Å². The largest absolute Gasteiger partial charge is 0.356 e. The van der Waals surface area contributed by atoms with Gasteiger partial charge >= 0.3 is 0 Å². The van der Waals surface area contributed by atoms with Gasteiger partial charge < -0.3 is 10.6 Å². The zero-order chi connectivity index (χ0) is 19.5. The number of pyridine rings is 1. The van der Waals surface area contributed by atoms with Crippen LogP contribution in [0.15, 0.2) is 53.7 Å². The van der Waals surface area contributed by atoms with Gasteiger partial charge in [0.05, 0.1) is 5.75 Å². The topological polar surface area (TPSA) is 95.5 Å². The molecule has 0 radical (unpaired) electrons. The third-order valence-electron chi connectivity index (χ3n) is 3.72. The number of sulfonamides is 1. The number of aromatic nitrogens is 1. The third-order valence-corrected chi connectivity index (χ3v) is 5.27. The Kier molecular flexibility index (Phi) is 11.4. The van der Waals surface area contributed by atoms with Crippen LogP contribution in [-0.4, -0.2) is 45.3 Å². The number of nitrogens with zero attached hydrogens (tertiary/aromatic N) is 2. The van der Waals surface area contributed by atoms with Crippen LogP contribution in [0.25, 0.3) is 0 Å². The highest BCUT2D eigenvalue weighted by Gasteiger charge is 2.10. The van der Waals surface area contributed by atoms with Gasteiger partial charge in [-0.3, -0.25) is 4.99 Å². The molecule has 2 rings (SSSR count). The van der Waals surface area contributed by atoms with Crippen molar-refractivity contribution in [3.8, 4) is 0 Å². The Balaban J connectivity index is 0.00000392. The summed E-state index contributed by atoms with van der Waals surface area (Å²) in [5.74, 6) is 0.511. The summed E-state index contributed by atoms with van der Waals surface area (Å²) in [6.07, 6.45) is 2.48. The van der Waals surface area contributed by atoms with E-state index in [0.717, 1.165) is 17.5 Å². The number of benzene rings is 1. The van der Waals surface area contributed by atoms with Gasteiger partial charge in [-0.15, -0.1) is 24.0 Å². The Morgan fingerprint density at radius 2 is 1.79 bits per heavy atom. The molecule has 154 valence electrons. The number of hydrogen-bond donors (Lipinski definition) is 3. The normalized spacial score (nSPS) is 11.6. The van der Waals surface area contributed by atoms with Crippen molar-refractivity contribution in [2.24, 2.45) is 4.99 Å². The van der Waals surface area contributed by atoms with Gasteiger partial charge in [0.15, 0.2) is 5.96 Å². The molecule has 0 aliphatic heterocycles. The second-order valence-corrected chi connectivity index (χ2v) is 8.10. The molecule has 28 heavy (non-hydrogen) atoms. The highest BCUT2D eigenvalue weighted by Crippen LogP contribution is 2.05. The van der Waals surface area contributed by atoms with E-state index >= 15 is 0 Å². The number of rotatable bonds is 9. The van der Waals surface area contributed by atoms with Crippen molar-refractivity contribution in [3.05, 3.63) is 64.9 Å². The minimum Gasteiger partial charge on any atom is -0.356 e. The molecule has 0 spiro atoms. The van der Waals surface area contributed by atoms with Crippen LogP contribution in [0.2, 0.25) is 5.15 Å². The van der Waals surface area contributed by atoms with Gasteiger partial charge in [-0.25, -0.2) is 18.1 Å². The number of hydrogen-bond acceptors (Lipinski definition) is 4. The molecule has 0 amide bonds. The fourth-order valence-electron chi connectivity index (χ4n) is 2.27. The van der Waals surface area contributed by atoms with Gasteiger partial charge in [0.1, 0.15) is 5.15 Å². The van der Waals surface area contributed by atoms with E-state index in [2.05, 4.69) is 25.3 Å². The standard InChI is InChI=1S/C18H24ClN5O2S.HI/c1-20-18(21-10-9-16-7-8-17(19)23-13-16)22-11-12-27(25,26)24-14-15-5-3-2-4-6-15;/h2-8,13,24H,9-12,14H2,1H3,(H2,20,21,22);1H. The van der Waals surface area contributed by atoms with Crippen LogP contribution >= 0.6 is 35.6 Å². The van der Waals surface area contributed by atoms with Crippen LogP contribution in [-0.2, 0) is 23.0 Å². The molecule has 0 bridgehead atoms. The molecule has 0 atom stereocenters. The second kappa shape index (κ2) is 12.9. The zero-order valence-corrected chi connectivity index (χ0v) is 19.5. The summed E-state index contributed by atoms with van der Waals surface area (Å²) >= 11 is 5.76. The molecule has 1 aromatic heterocycles. The first-order chi connectivity index (χ1) is 13.0. The van der Waals surface area contributed by atoms with Gasteiger partial charge in [-0.05, 0) is 23.6 Å². The Hall–Kier alpha value is -1.43. The van der Waals surface area contributed by atoms with Crippen LogP contribution < -0.4 is 15.4 Å². The minimum atomic E-state index is -3.37. The summed E-state index contributed by atoms with van der Waals surface area (Å²) in [6, 6.07) is 13.1. The Morgan fingerprint density at radius 1 is 1.07 bits per heavy atom. The predicted octanol–water partition coefficient (Wildman–Crippen LogP) is 2.18. The van der Waals surface area contributed by atoms with E-state index in [1.165, 1.54) is 0 Å². The van der Waals surface area contributed by atoms with Crippen molar-refractivity contribution >= 4 is 51.6 Å². The van der Waals surface area contributed by atoms with Crippen LogP contribution in [0.5, 0.6) is 0 Å². The lowest BCUT2D eigenvalue weighted by molar-refractivity contribution is 0.580. The monoisotopic (exact) mass is 537 g/mol. The SMILES string of the molecule is CN=C(NCCc1ccc(Cl)nc1)NCCS(=O)(=O)NCc1ccccc1.I. The molecular formula is C18H25ClIN5O2S. The lowest BCUT2D eigenvalue weighted by atomic mass is 10.2. The second-order valence-electron chi connectivity index (χ2n) is 5.79. The van der Waals surface area contributed by atoms with Crippen LogP contribution in [0, 0.1) is 0 Å². The molecule has 3 N–H and O–H groups in total. The highest BCUT2D eigenvalue weighted by molar-refractivity contribution is 14.0. The Labute approximate surface area is 188 Å². The van der Waals surface area contributed by atoms with E-state index in [9.17, 15) is 8.42 Å². The first-order valence-corrected chi connectivity index (χ1v) is 10.6. The van der Waals surface area contributed by atoms with E-state index in [0.29, 0.717) is 17.7 Å². The van der Waals surface area contributed by atoms with E-state index in [1.54, 1.807) is 19.3 Å². The third kappa shape index (κ3) is 9.67. The molecule has 1 heterocycles. The quantitative estimate of drug-likeness (QED) is 0.197. The number of nitrogens with one attached hydrogen (secondary N) is 3. The molecule has 0 unspecified atom stereocenters. The van der Waals surface area contributed by atoms with E-state index in [1.807, 2.05) is 36.4 Å². The first kappa shape index (κ1) is 24.6. The molecule has 0 saturated heterocycles. The zero-order valence-electron chi connectivity index (χ0n) is 15.6. The molecule has 1 aromatic carbocycles. The van der Waals surface area contributed by atoms with Crippen LogP contribution in [0.1, 0.15) is 11.1 Å². The smallest absolute Gasteiger partial charge is 0.213 e. The van der Waals surface area contributed by atoms with Gasteiger partial charge in [0, 0.05) is 32.9 Å². The maximum atomic E-state index is 12.1. The van der Waals surface area contributed by atoms with E-state index in [-0.39, 0.29) is 42.8 Å². The van der Waals surface area contributed by atoms with Gasteiger partial charge in [0.25, 0.3) is 0 Å². The fraction of sp³-hybridized carbons (Fsp3) is 0.333. The average Bonchev–Trinajstić information content (AvgIpc) is 2.67. The lowest BCUT2D eigenvalue weighted by Crippen LogP contribution is -2.41. The van der Waals surface area contributed by atoms with Crippen molar-refractivity contribution < 1.29 is 8.42 Å². The summed E-state index contributed by atoms with van der Waals surface area (Å²) < 4.78 is 26.7. The summed E-state index contributed by atoms with van der Waals surface area (Å²) in [4.78, 5) is 8.12. The average molecular weight is 538 g/mol. The molecule has 10 heteroatoms. The highest BCUT2D eigenvalue weighted by atomic mass is 127. The Bertz CT molecular complexity index is 833. The molecule has 0 aliphatic carbocycles.